The molecule has 2 aromatic heterocycles. The van der Waals surface area contributed by atoms with Crippen LogP contribution in [0.2, 0.25) is 0 Å². The van der Waals surface area contributed by atoms with Crippen LogP contribution >= 0.6 is 0 Å². The Balaban J connectivity index is 1.54. The van der Waals surface area contributed by atoms with Crippen molar-refractivity contribution in [1.82, 2.24) is 24.6 Å². The summed E-state index contributed by atoms with van der Waals surface area (Å²) in [4.78, 5) is 16.5. The fourth-order valence-electron chi connectivity index (χ4n) is 2.80. The highest BCUT2D eigenvalue weighted by Crippen LogP contribution is 2.19. The van der Waals surface area contributed by atoms with E-state index in [1.807, 2.05) is 15.3 Å². The zero-order valence-electron chi connectivity index (χ0n) is 12.7. The molecule has 3 rings (SSSR count). The predicted molar refractivity (Wildman–Crippen MR) is 80.0 cm³/mol. The van der Waals surface area contributed by atoms with Gasteiger partial charge in [0.1, 0.15) is 0 Å². The van der Waals surface area contributed by atoms with Gasteiger partial charge in [-0.1, -0.05) is 0 Å². The third-order valence-corrected chi connectivity index (χ3v) is 4.10. The molecule has 1 unspecified atom stereocenters. The van der Waals surface area contributed by atoms with Gasteiger partial charge in [-0.15, -0.1) is 0 Å². The minimum atomic E-state index is 0.0274. The Morgan fingerprint density at radius 1 is 1.55 bits per heavy atom. The lowest BCUT2D eigenvalue weighted by molar-refractivity contribution is -0.125. The van der Waals surface area contributed by atoms with E-state index in [0.29, 0.717) is 13.2 Å². The second kappa shape index (κ2) is 6.74. The number of nitrogens with one attached hydrogen (secondary N) is 1. The van der Waals surface area contributed by atoms with Crippen LogP contribution in [-0.2, 0) is 35.6 Å². The van der Waals surface area contributed by atoms with E-state index < -0.39 is 0 Å². The number of hydrogen-bond donors (Lipinski definition) is 1. The first kappa shape index (κ1) is 14.8. The van der Waals surface area contributed by atoms with Crippen molar-refractivity contribution in [3.05, 3.63) is 36.2 Å². The molecule has 0 saturated carbocycles. The number of aryl methyl sites for hydroxylation is 1. The summed E-state index contributed by atoms with van der Waals surface area (Å²) in [5, 5.41) is 7.26. The fraction of sp³-hybridized carbons (Fsp3) is 0.533. The maximum atomic E-state index is 12.4. The van der Waals surface area contributed by atoms with Crippen molar-refractivity contribution in [1.29, 1.82) is 0 Å². The van der Waals surface area contributed by atoms with Crippen molar-refractivity contribution < 1.29 is 9.53 Å². The van der Waals surface area contributed by atoms with Crippen molar-refractivity contribution >= 4 is 5.91 Å². The molecule has 3 heterocycles. The van der Waals surface area contributed by atoms with Gasteiger partial charge in [0.05, 0.1) is 25.2 Å². The number of carbonyl (C=O) groups is 1. The SMILES string of the molecule is COCCn1cncc1CNC(=O)C1CCn2nccc2C1. The Labute approximate surface area is 129 Å². The van der Waals surface area contributed by atoms with Crippen molar-refractivity contribution in [2.24, 2.45) is 5.92 Å². The van der Waals surface area contributed by atoms with Gasteiger partial charge in [0, 0.05) is 50.6 Å². The molecule has 0 aromatic carbocycles. The average molecular weight is 303 g/mol. The summed E-state index contributed by atoms with van der Waals surface area (Å²) in [6.45, 7) is 2.68. The van der Waals surface area contributed by atoms with E-state index >= 15 is 0 Å². The molecule has 1 aliphatic rings. The van der Waals surface area contributed by atoms with Crippen LogP contribution in [0.25, 0.3) is 0 Å². The fourth-order valence-corrected chi connectivity index (χ4v) is 2.80. The first-order valence-electron chi connectivity index (χ1n) is 7.54. The summed E-state index contributed by atoms with van der Waals surface area (Å²) in [6.07, 6.45) is 6.94. The molecule has 0 fully saturated rings. The molecule has 7 heteroatoms. The van der Waals surface area contributed by atoms with Crippen molar-refractivity contribution in [3.63, 3.8) is 0 Å². The van der Waals surface area contributed by atoms with E-state index in [1.165, 1.54) is 0 Å². The van der Waals surface area contributed by atoms with E-state index in [0.717, 1.165) is 37.3 Å². The molecule has 2 aromatic rings. The van der Waals surface area contributed by atoms with Gasteiger partial charge in [0.15, 0.2) is 0 Å². The number of carbonyl (C=O) groups excluding carboxylic acids is 1. The number of ether oxygens (including phenoxy) is 1. The lowest BCUT2D eigenvalue weighted by Crippen LogP contribution is -2.35. The summed E-state index contributed by atoms with van der Waals surface area (Å²) in [6, 6.07) is 1.99. The Kier molecular flexibility index (Phi) is 4.53. The molecule has 22 heavy (non-hydrogen) atoms. The van der Waals surface area contributed by atoms with Crippen LogP contribution in [0.5, 0.6) is 0 Å². The summed E-state index contributed by atoms with van der Waals surface area (Å²) in [7, 11) is 1.67. The van der Waals surface area contributed by atoms with E-state index in [1.54, 1.807) is 25.8 Å². The van der Waals surface area contributed by atoms with Crippen LogP contribution < -0.4 is 5.32 Å². The van der Waals surface area contributed by atoms with Crippen LogP contribution in [0.1, 0.15) is 17.8 Å². The Bertz CT molecular complexity index is 633. The van der Waals surface area contributed by atoms with Gasteiger partial charge in [-0.25, -0.2) is 4.98 Å². The van der Waals surface area contributed by atoms with Crippen LogP contribution in [0.15, 0.2) is 24.8 Å². The maximum Gasteiger partial charge on any atom is 0.223 e. The van der Waals surface area contributed by atoms with Crippen LogP contribution in [0.3, 0.4) is 0 Å². The molecule has 1 amide bonds. The van der Waals surface area contributed by atoms with E-state index in [4.69, 9.17) is 4.74 Å². The van der Waals surface area contributed by atoms with E-state index in [2.05, 4.69) is 15.4 Å². The molecule has 1 N–H and O–H groups in total. The molecular weight excluding hydrogens is 282 g/mol. The molecular formula is C15H21N5O2. The minimum absolute atomic E-state index is 0.0274. The van der Waals surface area contributed by atoms with Crippen LogP contribution in [0, 0.1) is 5.92 Å². The van der Waals surface area contributed by atoms with Gasteiger partial charge in [0.2, 0.25) is 5.91 Å². The normalized spacial score (nSPS) is 17.2. The number of rotatable bonds is 6. The molecule has 0 aliphatic carbocycles. The van der Waals surface area contributed by atoms with Crippen LogP contribution in [0.4, 0.5) is 0 Å². The Morgan fingerprint density at radius 2 is 2.45 bits per heavy atom. The number of imidazole rings is 1. The maximum absolute atomic E-state index is 12.4. The molecule has 1 atom stereocenters. The number of amides is 1. The van der Waals surface area contributed by atoms with Gasteiger partial charge in [0.25, 0.3) is 0 Å². The highest BCUT2D eigenvalue weighted by atomic mass is 16.5. The van der Waals surface area contributed by atoms with Gasteiger partial charge in [-0.3, -0.25) is 9.48 Å². The van der Waals surface area contributed by atoms with Gasteiger partial charge >= 0.3 is 0 Å². The third-order valence-electron chi connectivity index (χ3n) is 4.10. The predicted octanol–water partition coefficient (Wildman–Crippen LogP) is 0.605. The molecule has 1 aliphatic heterocycles. The molecule has 0 bridgehead atoms. The Morgan fingerprint density at radius 3 is 3.32 bits per heavy atom. The second-order valence-corrected chi connectivity index (χ2v) is 5.52. The van der Waals surface area contributed by atoms with Crippen molar-refractivity contribution in [3.8, 4) is 0 Å². The highest BCUT2D eigenvalue weighted by molar-refractivity contribution is 5.78. The second-order valence-electron chi connectivity index (χ2n) is 5.52. The molecule has 0 saturated heterocycles. The molecule has 0 spiro atoms. The first-order chi connectivity index (χ1) is 10.8. The quantitative estimate of drug-likeness (QED) is 0.848. The van der Waals surface area contributed by atoms with Gasteiger partial charge in [-0.2, -0.15) is 5.10 Å². The topological polar surface area (TPSA) is 74.0 Å². The summed E-state index contributed by atoms with van der Waals surface area (Å²) >= 11 is 0. The lowest BCUT2D eigenvalue weighted by atomic mass is 9.95. The number of aromatic nitrogens is 4. The summed E-state index contributed by atoms with van der Waals surface area (Å²) < 4.78 is 9.05. The number of methoxy groups -OCH3 is 1. The van der Waals surface area contributed by atoms with Gasteiger partial charge < -0.3 is 14.6 Å². The molecule has 7 nitrogen and oxygen atoms in total. The van der Waals surface area contributed by atoms with E-state index in [9.17, 15) is 4.79 Å². The summed E-state index contributed by atoms with van der Waals surface area (Å²) in [5.41, 5.74) is 2.13. The van der Waals surface area contributed by atoms with Crippen molar-refractivity contribution in [2.45, 2.75) is 32.5 Å². The Hall–Kier alpha value is -2.15. The number of nitrogens with zero attached hydrogens (tertiary/aromatic N) is 4. The highest BCUT2D eigenvalue weighted by Gasteiger charge is 2.24. The minimum Gasteiger partial charge on any atom is -0.383 e. The zero-order valence-corrected chi connectivity index (χ0v) is 12.7. The largest absolute Gasteiger partial charge is 0.383 e. The number of hydrogen-bond acceptors (Lipinski definition) is 4. The van der Waals surface area contributed by atoms with E-state index in [-0.39, 0.29) is 11.8 Å². The third kappa shape index (κ3) is 3.19. The first-order valence-corrected chi connectivity index (χ1v) is 7.54. The standard InChI is InChI=1S/C15H21N5O2/c1-22-7-6-19-11-16-9-14(19)10-17-15(21)12-3-5-20-13(8-12)2-4-18-20/h2,4,9,11-12H,3,5-8,10H2,1H3,(H,17,21). The lowest BCUT2D eigenvalue weighted by Gasteiger charge is -2.22. The zero-order chi connectivity index (χ0) is 15.4. The summed E-state index contributed by atoms with van der Waals surface area (Å²) in [5.74, 6) is 0.131. The molecule has 0 radical (unpaired) electrons. The number of fused-ring (bicyclic) bond motifs is 1. The molecule has 118 valence electrons. The van der Waals surface area contributed by atoms with Gasteiger partial charge in [-0.05, 0) is 12.5 Å². The smallest absolute Gasteiger partial charge is 0.223 e. The van der Waals surface area contributed by atoms with Crippen LogP contribution in [-0.4, -0.2) is 39.0 Å². The monoisotopic (exact) mass is 303 g/mol. The average Bonchev–Trinajstić information content (AvgIpc) is 3.18. The van der Waals surface area contributed by atoms with Crippen molar-refractivity contribution in [2.75, 3.05) is 13.7 Å².